The summed E-state index contributed by atoms with van der Waals surface area (Å²) >= 11 is 1.99. The van der Waals surface area contributed by atoms with Gasteiger partial charge in [-0.05, 0) is 29.8 Å². The number of ether oxygens (including phenoxy) is 1. The van der Waals surface area contributed by atoms with E-state index in [1.807, 2.05) is 23.9 Å². The number of carbonyl (C=O) groups is 1. The largest absolute Gasteiger partial charge is 0.494 e. The van der Waals surface area contributed by atoms with Crippen LogP contribution in [0, 0.1) is 5.82 Å². The summed E-state index contributed by atoms with van der Waals surface area (Å²) in [5.41, 5.74) is 2.65. The third-order valence-corrected chi connectivity index (χ3v) is 5.12. The van der Waals surface area contributed by atoms with Crippen LogP contribution in [-0.2, 0) is 6.54 Å². The molecule has 138 valence electrons. The molecule has 3 rings (SSSR count). The van der Waals surface area contributed by atoms with Crippen LogP contribution in [0.3, 0.4) is 0 Å². The standard InChI is InChI=1S/C19H22FN3O2S/c1-25-18-12-15(20)4-7-17(18)22-19(24)21-13-14-2-5-16(6-3-14)23-8-10-26-11-9-23/h2-7,12H,8-11,13H2,1H3,(H2,21,22,24). The monoisotopic (exact) mass is 375 g/mol. The molecule has 2 N–H and O–H groups in total. The van der Waals surface area contributed by atoms with Crippen molar-refractivity contribution in [3.63, 3.8) is 0 Å². The van der Waals surface area contributed by atoms with Crippen molar-refractivity contribution in [1.29, 1.82) is 0 Å². The van der Waals surface area contributed by atoms with Crippen molar-refractivity contribution in [2.45, 2.75) is 6.54 Å². The molecule has 2 amide bonds. The van der Waals surface area contributed by atoms with Gasteiger partial charge in [0.15, 0.2) is 0 Å². The van der Waals surface area contributed by atoms with Crippen LogP contribution in [0.1, 0.15) is 5.56 Å². The summed E-state index contributed by atoms with van der Waals surface area (Å²) in [5.74, 6) is 2.19. The number of nitrogens with zero attached hydrogens (tertiary/aromatic N) is 1. The molecule has 7 heteroatoms. The minimum atomic E-state index is -0.416. The topological polar surface area (TPSA) is 53.6 Å². The van der Waals surface area contributed by atoms with Gasteiger partial charge in [-0.3, -0.25) is 0 Å². The van der Waals surface area contributed by atoms with E-state index in [1.165, 1.54) is 31.0 Å². The van der Waals surface area contributed by atoms with Crippen LogP contribution < -0.4 is 20.3 Å². The molecule has 0 aliphatic carbocycles. The minimum Gasteiger partial charge on any atom is -0.494 e. The zero-order chi connectivity index (χ0) is 18.4. The van der Waals surface area contributed by atoms with E-state index in [0.29, 0.717) is 12.2 Å². The number of urea groups is 1. The molecule has 0 saturated carbocycles. The smallest absolute Gasteiger partial charge is 0.319 e. The third-order valence-electron chi connectivity index (χ3n) is 4.18. The average molecular weight is 375 g/mol. The van der Waals surface area contributed by atoms with Gasteiger partial charge >= 0.3 is 6.03 Å². The average Bonchev–Trinajstić information content (AvgIpc) is 2.69. The summed E-state index contributed by atoms with van der Waals surface area (Å²) in [7, 11) is 1.43. The van der Waals surface area contributed by atoms with Crippen LogP contribution >= 0.6 is 11.8 Å². The Kier molecular flexibility index (Phi) is 6.22. The fourth-order valence-corrected chi connectivity index (χ4v) is 3.67. The van der Waals surface area contributed by atoms with Crippen molar-refractivity contribution in [3.05, 3.63) is 53.8 Å². The van der Waals surface area contributed by atoms with Crippen LogP contribution in [0.25, 0.3) is 0 Å². The Morgan fingerprint density at radius 2 is 1.92 bits per heavy atom. The zero-order valence-corrected chi connectivity index (χ0v) is 15.4. The number of amides is 2. The van der Waals surface area contributed by atoms with Crippen LogP contribution in [0.4, 0.5) is 20.6 Å². The van der Waals surface area contributed by atoms with Crippen molar-refractivity contribution in [2.24, 2.45) is 0 Å². The minimum absolute atomic E-state index is 0.282. The lowest BCUT2D eigenvalue weighted by Crippen LogP contribution is -2.32. The van der Waals surface area contributed by atoms with E-state index in [1.54, 1.807) is 0 Å². The maximum absolute atomic E-state index is 13.2. The van der Waals surface area contributed by atoms with Crippen molar-refractivity contribution in [1.82, 2.24) is 5.32 Å². The first kappa shape index (κ1) is 18.4. The number of anilines is 2. The lowest BCUT2D eigenvalue weighted by molar-refractivity contribution is 0.251. The quantitative estimate of drug-likeness (QED) is 0.837. The van der Waals surface area contributed by atoms with Gasteiger partial charge in [0, 0.05) is 42.9 Å². The normalized spacial score (nSPS) is 14.0. The highest BCUT2D eigenvalue weighted by Crippen LogP contribution is 2.25. The molecular formula is C19H22FN3O2S. The Balaban J connectivity index is 1.53. The molecular weight excluding hydrogens is 353 g/mol. The van der Waals surface area contributed by atoms with Crippen molar-refractivity contribution in [3.8, 4) is 5.75 Å². The summed E-state index contributed by atoms with van der Waals surface area (Å²) in [4.78, 5) is 14.4. The fraction of sp³-hybridized carbons (Fsp3) is 0.316. The summed E-state index contributed by atoms with van der Waals surface area (Å²) < 4.78 is 18.3. The van der Waals surface area contributed by atoms with Gasteiger partial charge in [-0.2, -0.15) is 11.8 Å². The molecule has 1 fully saturated rings. The lowest BCUT2D eigenvalue weighted by atomic mass is 10.2. The maximum atomic E-state index is 13.2. The van der Waals surface area contributed by atoms with E-state index < -0.39 is 5.82 Å². The highest BCUT2D eigenvalue weighted by molar-refractivity contribution is 7.99. The van der Waals surface area contributed by atoms with E-state index in [0.717, 1.165) is 30.2 Å². The molecule has 2 aromatic rings. The van der Waals surface area contributed by atoms with Gasteiger partial charge in [0.2, 0.25) is 0 Å². The molecule has 5 nitrogen and oxygen atoms in total. The summed E-state index contributed by atoms with van der Waals surface area (Å²) in [5, 5.41) is 5.47. The van der Waals surface area contributed by atoms with Crippen molar-refractivity contribution >= 4 is 29.2 Å². The molecule has 0 radical (unpaired) electrons. The SMILES string of the molecule is COc1cc(F)ccc1NC(=O)NCc1ccc(N2CCSCC2)cc1. The van der Waals surface area contributed by atoms with Gasteiger partial charge in [-0.1, -0.05) is 12.1 Å². The van der Waals surface area contributed by atoms with Gasteiger partial charge in [0.05, 0.1) is 12.8 Å². The number of carbonyl (C=O) groups excluding carboxylic acids is 1. The van der Waals surface area contributed by atoms with Crippen molar-refractivity contribution < 1.29 is 13.9 Å². The molecule has 1 heterocycles. The Morgan fingerprint density at radius 3 is 2.62 bits per heavy atom. The molecule has 2 aromatic carbocycles. The van der Waals surface area contributed by atoms with Crippen LogP contribution in [0.2, 0.25) is 0 Å². The molecule has 1 aliphatic rings. The molecule has 0 bridgehead atoms. The Labute approximate surface area is 156 Å². The molecule has 1 saturated heterocycles. The Hall–Kier alpha value is -2.41. The van der Waals surface area contributed by atoms with Gasteiger partial charge in [-0.25, -0.2) is 9.18 Å². The first-order valence-electron chi connectivity index (χ1n) is 8.46. The zero-order valence-electron chi connectivity index (χ0n) is 14.6. The van der Waals surface area contributed by atoms with Gasteiger partial charge in [0.1, 0.15) is 11.6 Å². The lowest BCUT2D eigenvalue weighted by Gasteiger charge is -2.28. The number of hydrogen-bond donors (Lipinski definition) is 2. The van der Waals surface area contributed by atoms with E-state index in [4.69, 9.17) is 4.74 Å². The molecule has 0 spiro atoms. The predicted molar refractivity (Wildman–Crippen MR) is 105 cm³/mol. The number of methoxy groups -OCH3 is 1. The van der Waals surface area contributed by atoms with Crippen LogP contribution in [0.5, 0.6) is 5.75 Å². The second-order valence-corrected chi connectivity index (χ2v) is 7.14. The van der Waals surface area contributed by atoms with E-state index in [9.17, 15) is 9.18 Å². The number of rotatable bonds is 5. The first-order chi connectivity index (χ1) is 12.7. The fourth-order valence-electron chi connectivity index (χ4n) is 2.76. The number of thioether (sulfide) groups is 1. The van der Waals surface area contributed by atoms with E-state index in [2.05, 4.69) is 27.7 Å². The van der Waals surface area contributed by atoms with E-state index >= 15 is 0 Å². The molecule has 26 heavy (non-hydrogen) atoms. The van der Waals surface area contributed by atoms with Crippen molar-refractivity contribution in [2.75, 3.05) is 41.9 Å². The molecule has 0 atom stereocenters. The molecule has 1 aliphatic heterocycles. The Bertz CT molecular complexity index is 749. The summed E-state index contributed by atoms with van der Waals surface area (Å²) in [6.07, 6.45) is 0. The molecule has 0 unspecified atom stereocenters. The van der Waals surface area contributed by atoms with Gasteiger partial charge < -0.3 is 20.3 Å². The van der Waals surface area contributed by atoms with Crippen LogP contribution in [-0.4, -0.2) is 37.7 Å². The van der Waals surface area contributed by atoms with Crippen LogP contribution in [0.15, 0.2) is 42.5 Å². The summed E-state index contributed by atoms with van der Waals surface area (Å²) in [6.45, 7) is 2.56. The third kappa shape index (κ3) is 4.82. The van der Waals surface area contributed by atoms with Gasteiger partial charge in [0.25, 0.3) is 0 Å². The second kappa shape index (κ2) is 8.80. The maximum Gasteiger partial charge on any atom is 0.319 e. The summed E-state index contributed by atoms with van der Waals surface area (Å²) in [6, 6.07) is 11.8. The Morgan fingerprint density at radius 1 is 1.19 bits per heavy atom. The number of benzene rings is 2. The number of nitrogens with one attached hydrogen (secondary N) is 2. The number of hydrogen-bond acceptors (Lipinski definition) is 4. The number of halogens is 1. The van der Waals surface area contributed by atoms with E-state index in [-0.39, 0.29) is 11.8 Å². The highest BCUT2D eigenvalue weighted by atomic mass is 32.2. The second-order valence-electron chi connectivity index (χ2n) is 5.92. The highest BCUT2D eigenvalue weighted by Gasteiger charge is 2.11. The predicted octanol–water partition coefficient (Wildman–Crippen LogP) is 3.71. The van der Waals surface area contributed by atoms with Gasteiger partial charge in [-0.15, -0.1) is 0 Å². The first-order valence-corrected chi connectivity index (χ1v) is 9.61. The molecule has 0 aromatic heterocycles.